The second kappa shape index (κ2) is 7.85. The van der Waals surface area contributed by atoms with Crippen LogP contribution in [0.15, 0.2) is 18.2 Å². The molecule has 3 heteroatoms. The quantitative estimate of drug-likeness (QED) is 0.868. The lowest BCUT2D eigenvalue weighted by atomic mass is 10.0. The molecule has 1 saturated heterocycles. The van der Waals surface area contributed by atoms with Crippen molar-refractivity contribution in [1.82, 2.24) is 0 Å². The number of aliphatic hydroxyl groups excluding tert-OH is 1. The molecule has 2 rings (SSSR count). The Hall–Kier alpha value is -1.79. The molecule has 1 amide bonds. The van der Waals surface area contributed by atoms with Crippen LogP contribution in [0.4, 0.5) is 5.69 Å². The number of hydrogen-bond acceptors (Lipinski definition) is 2. The molecule has 1 aromatic carbocycles. The van der Waals surface area contributed by atoms with Crippen LogP contribution in [0.1, 0.15) is 50.2 Å². The van der Waals surface area contributed by atoms with Gasteiger partial charge in [0.05, 0.1) is 6.61 Å². The summed E-state index contributed by atoms with van der Waals surface area (Å²) in [5, 5.41) is 8.77. The Morgan fingerprint density at radius 2 is 2.14 bits per heavy atom. The van der Waals surface area contributed by atoms with Gasteiger partial charge in [0.25, 0.3) is 0 Å². The number of nitrogens with zero attached hydrogens (tertiary/aromatic N) is 1. The Balaban J connectivity index is 2.27. The van der Waals surface area contributed by atoms with Crippen LogP contribution in [0.3, 0.4) is 0 Å². The highest BCUT2D eigenvalue weighted by atomic mass is 16.2. The molecule has 0 atom stereocenters. The first-order valence-corrected chi connectivity index (χ1v) is 7.79. The van der Waals surface area contributed by atoms with E-state index in [9.17, 15) is 4.79 Å². The molecule has 0 saturated carbocycles. The number of aryl methyl sites for hydroxylation is 1. The van der Waals surface area contributed by atoms with Crippen molar-refractivity contribution >= 4 is 11.6 Å². The fourth-order valence-electron chi connectivity index (χ4n) is 2.67. The van der Waals surface area contributed by atoms with Crippen LogP contribution < -0.4 is 4.90 Å². The second-order valence-electron chi connectivity index (χ2n) is 5.33. The smallest absolute Gasteiger partial charge is 0.226 e. The number of carbonyl (C=O) groups is 1. The average molecular weight is 285 g/mol. The van der Waals surface area contributed by atoms with Gasteiger partial charge in [0.15, 0.2) is 0 Å². The molecule has 0 bridgehead atoms. The van der Waals surface area contributed by atoms with E-state index in [0.717, 1.165) is 43.5 Å². The molecular formula is C18H23NO2. The molecule has 1 aromatic rings. The molecule has 0 aromatic heterocycles. The number of hydrogen-bond donors (Lipinski definition) is 1. The van der Waals surface area contributed by atoms with Gasteiger partial charge in [0, 0.05) is 30.6 Å². The number of amides is 1. The van der Waals surface area contributed by atoms with Gasteiger partial charge in [-0.25, -0.2) is 0 Å². The topological polar surface area (TPSA) is 40.5 Å². The summed E-state index contributed by atoms with van der Waals surface area (Å²) in [7, 11) is 0. The highest BCUT2D eigenvalue weighted by molar-refractivity contribution is 5.94. The summed E-state index contributed by atoms with van der Waals surface area (Å²) in [5.41, 5.74) is 3.16. The monoisotopic (exact) mass is 285 g/mol. The average Bonchev–Trinajstić information content (AvgIpc) is 2.72. The maximum Gasteiger partial charge on any atom is 0.226 e. The van der Waals surface area contributed by atoms with E-state index in [2.05, 4.69) is 24.8 Å². The normalized spacial score (nSPS) is 15.3. The fourth-order valence-corrected chi connectivity index (χ4v) is 2.67. The number of benzene rings is 1. The van der Waals surface area contributed by atoms with Crippen LogP contribution in [-0.2, 0) is 11.2 Å². The van der Waals surface area contributed by atoms with E-state index in [0.29, 0.717) is 12.8 Å². The van der Waals surface area contributed by atoms with E-state index in [4.69, 9.17) is 5.11 Å². The predicted molar refractivity (Wildman–Crippen MR) is 85.2 cm³/mol. The SMILES string of the molecule is CCc1cc(C#CCCO)ccc1N1CCCCCC1=O. The molecule has 0 spiro atoms. The van der Waals surface area contributed by atoms with Crippen molar-refractivity contribution in [2.45, 2.75) is 45.4 Å². The van der Waals surface area contributed by atoms with Crippen molar-refractivity contribution in [3.05, 3.63) is 29.3 Å². The zero-order valence-corrected chi connectivity index (χ0v) is 12.7. The van der Waals surface area contributed by atoms with Crippen molar-refractivity contribution in [3.8, 4) is 11.8 Å². The van der Waals surface area contributed by atoms with Gasteiger partial charge in [0.2, 0.25) is 5.91 Å². The molecule has 112 valence electrons. The Morgan fingerprint density at radius 1 is 1.29 bits per heavy atom. The largest absolute Gasteiger partial charge is 0.395 e. The Morgan fingerprint density at radius 3 is 2.90 bits per heavy atom. The van der Waals surface area contributed by atoms with E-state index in [1.165, 1.54) is 5.56 Å². The lowest BCUT2D eigenvalue weighted by Crippen LogP contribution is -2.30. The molecule has 1 aliphatic heterocycles. The van der Waals surface area contributed by atoms with Crippen LogP contribution in [0.2, 0.25) is 0 Å². The van der Waals surface area contributed by atoms with Crippen molar-refractivity contribution in [1.29, 1.82) is 0 Å². The number of aliphatic hydroxyl groups is 1. The van der Waals surface area contributed by atoms with Gasteiger partial charge in [-0.15, -0.1) is 0 Å². The molecule has 0 unspecified atom stereocenters. The molecule has 0 radical (unpaired) electrons. The number of rotatable bonds is 3. The molecular weight excluding hydrogens is 262 g/mol. The van der Waals surface area contributed by atoms with Crippen LogP contribution in [0.25, 0.3) is 0 Å². The minimum atomic E-state index is 0.0913. The first kappa shape index (κ1) is 15.6. The third-order valence-corrected chi connectivity index (χ3v) is 3.79. The summed E-state index contributed by atoms with van der Waals surface area (Å²) in [5.74, 6) is 6.24. The summed E-state index contributed by atoms with van der Waals surface area (Å²) in [6, 6.07) is 6.06. The Labute approximate surface area is 127 Å². The standard InChI is InChI=1S/C18H23NO2/c1-2-16-14-15(8-5-7-13-20)10-11-17(16)19-12-6-3-4-9-18(19)21/h10-11,14,20H,2-4,6-7,9,12-13H2,1H3. The van der Waals surface area contributed by atoms with E-state index >= 15 is 0 Å². The molecule has 1 N–H and O–H groups in total. The van der Waals surface area contributed by atoms with Gasteiger partial charge >= 0.3 is 0 Å². The van der Waals surface area contributed by atoms with Crippen molar-refractivity contribution in [3.63, 3.8) is 0 Å². The summed E-state index contributed by atoms with van der Waals surface area (Å²) in [6.45, 7) is 3.02. The first-order valence-electron chi connectivity index (χ1n) is 7.79. The van der Waals surface area contributed by atoms with E-state index in [1.807, 2.05) is 17.0 Å². The maximum absolute atomic E-state index is 12.2. The summed E-state index contributed by atoms with van der Waals surface area (Å²) < 4.78 is 0. The van der Waals surface area contributed by atoms with Gasteiger partial charge in [-0.1, -0.05) is 25.2 Å². The summed E-state index contributed by atoms with van der Waals surface area (Å²) >= 11 is 0. The third kappa shape index (κ3) is 4.09. The molecule has 1 heterocycles. The van der Waals surface area contributed by atoms with Crippen LogP contribution >= 0.6 is 0 Å². The molecule has 1 fully saturated rings. The maximum atomic E-state index is 12.2. The number of anilines is 1. The zero-order valence-electron chi connectivity index (χ0n) is 12.7. The van der Waals surface area contributed by atoms with E-state index in [-0.39, 0.29) is 12.5 Å². The van der Waals surface area contributed by atoms with Crippen LogP contribution in [0, 0.1) is 11.8 Å². The highest BCUT2D eigenvalue weighted by Gasteiger charge is 2.20. The van der Waals surface area contributed by atoms with E-state index < -0.39 is 0 Å². The second-order valence-corrected chi connectivity index (χ2v) is 5.33. The number of carbonyl (C=O) groups excluding carboxylic acids is 1. The lowest BCUT2D eigenvalue weighted by molar-refractivity contribution is -0.118. The van der Waals surface area contributed by atoms with Crippen molar-refractivity contribution < 1.29 is 9.90 Å². The zero-order chi connectivity index (χ0) is 15.1. The third-order valence-electron chi connectivity index (χ3n) is 3.79. The summed E-state index contributed by atoms with van der Waals surface area (Å²) in [4.78, 5) is 14.2. The van der Waals surface area contributed by atoms with Gasteiger partial charge in [-0.3, -0.25) is 4.79 Å². The van der Waals surface area contributed by atoms with Gasteiger partial charge < -0.3 is 10.0 Å². The van der Waals surface area contributed by atoms with Crippen molar-refractivity contribution in [2.75, 3.05) is 18.1 Å². The molecule has 21 heavy (non-hydrogen) atoms. The Kier molecular flexibility index (Phi) is 5.83. The van der Waals surface area contributed by atoms with Gasteiger partial charge in [0.1, 0.15) is 0 Å². The van der Waals surface area contributed by atoms with E-state index in [1.54, 1.807) is 0 Å². The molecule has 0 aliphatic carbocycles. The minimum Gasteiger partial charge on any atom is -0.395 e. The van der Waals surface area contributed by atoms with Gasteiger partial charge in [-0.2, -0.15) is 0 Å². The first-order chi connectivity index (χ1) is 10.3. The van der Waals surface area contributed by atoms with Crippen molar-refractivity contribution in [2.24, 2.45) is 0 Å². The van der Waals surface area contributed by atoms with Crippen LogP contribution in [0.5, 0.6) is 0 Å². The molecule has 1 aliphatic rings. The molecule has 3 nitrogen and oxygen atoms in total. The predicted octanol–water partition coefficient (Wildman–Crippen LogP) is 2.89. The fraction of sp³-hybridized carbons (Fsp3) is 0.500. The Bertz CT molecular complexity index is 554. The lowest BCUT2D eigenvalue weighted by Gasteiger charge is -2.23. The highest BCUT2D eigenvalue weighted by Crippen LogP contribution is 2.26. The van der Waals surface area contributed by atoms with Gasteiger partial charge in [-0.05, 0) is 43.0 Å². The minimum absolute atomic E-state index is 0.0913. The van der Waals surface area contributed by atoms with Crippen LogP contribution in [-0.4, -0.2) is 24.2 Å². The summed E-state index contributed by atoms with van der Waals surface area (Å²) in [6.07, 6.45) is 5.24.